The molecule has 0 unspecified atom stereocenters. The Morgan fingerprint density at radius 2 is 1.82 bits per heavy atom. The lowest BCUT2D eigenvalue weighted by molar-refractivity contribution is -0.122. The quantitative estimate of drug-likeness (QED) is 0.315. The van der Waals surface area contributed by atoms with Crippen molar-refractivity contribution in [2.24, 2.45) is 0 Å². The highest BCUT2D eigenvalue weighted by atomic mass is 16.7. The van der Waals surface area contributed by atoms with Crippen molar-refractivity contribution in [3.63, 3.8) is 0 Å². The normalized spacial score (nSPS) is 15.3. The number of benzene rings is 2. The SMILES string of the molecule is CNCCCn1cc(C2=C(c3c[nH]c4ccccc34)C(=O)NC2=O)c2ccc3c(c21)OCO3. The number of nitrogens with one attached hydrogen (secondary N) is 3. The Morgan fingerprint density at radius 1 is 1.00 bits per heavy atom. The Hall–Kier alpha value is -4.04. The van der Waals surface area contributed by atoms with E-state index in [2.05, 4.69) is 20.2 Å². The molecule has 166 valence electrons. The number of rotatable bonds is 6. The Bertz CT molecular complexity index is 1480. The number of amides is 2. The first kappa shape index (κ1) is 19.6. The number of ether oxygens (including phenoxy) is 2. The topological polar surface area (TPSA) is 97.4 Å². The number of hydrogen-bond donors (Lipinski definition) is 3. The van der Waals surface area contributed by atoms with Gasteiger partial charge in [-0.25, -0.2) is 0 Å². The number of para-hydroxylation sites is 1. The zero-order chi connectivity index (χ0) is 22.5. The van der Waals surface area contributed by atoms with Crippen LogP contribution in [0.3, 0.4) is 0 Å². The van der Waals surface area contributed by atoms with Gasteiger partial charge in [0.15, 0.2) is 11.5 Å². The van der Waals surface area contributed by atoms with Gasteiger partial charge in [-0.3, -0.25) is 14.9 Å². The first-order valence-electron chi connectivity index (χ1n) is 10.9. The van der Waals surface area contributed by atoms with Gasteiger partial charge in [-0.15, -0.1) is 0 Å². The van der Waals surface area contributed by atoms with Gasteiger partial charge >= 0.3 is 0 Å². The molecule has 33 heavy (non-hydrogen) atoms. The molecule has 8 heteroatoms. The monoisotopic (exact) mass is 442 g/mol. The van der Waals surface area contributed by atoms with Crippen molar-refractivity contribution >= 4 is 44.8 Å². The van der Waals surface area contributed by atoms with E-state index in [-0.39, 0.29) is 6.79 Å². The van der Waals surface area contributed by atoms with Crippen molar-refractivity contribution in [2.75, 3.05) is 20.4 Å². The molecule has 0 fully saturated rings. The number of carbonyl (C=O) groups is 2. The number of imide groups is 1. The summed E-state index contributed by atoms with van der Waals surface area (Å²) in [7, 11) is 1.92. The highest BCUT2D eigenvalue weighted by Crippen LogP contribution is 2.44. The van der Waals surface area contributed by atoms with Crippen LogP contribution in [0.5, 0.6) is 11.5 Å². The minimum Gasteiger partial charge on any atom is -0.454 e. The van der Waals surface area contributed by atoms with Crippen LogP contribution < -0.4 is 20.1 Å². The summed E-state index contributed by atoms with van der Waals surface area (Å²) in [5.74, 6) is 0.561. The summed E-state index contributed by atoms with van der Waals surface area (Å²) in [4.78, 5) is 29.3. The predicted molar refractivity (Wildman–Crippen MR) is 125 cm³/mol. The molecule has 6 rings (SSSR count). The number of carbonyl (C=O) groups excluding carboxylic acids is 2. The van der Waals surface area contributed by atoms with Crippen LogP contribution in [-0.4, -0.2) is 41.8 Å². The fraction of sp³-hybridized carbons (Fsp3) is 0.200. The van der Waals surface area contributed by atoms with Crippen molar-refractivity contribution in [1.82, 2.24) is 20.2 Å². The van der Waals surface area contributed by atoms with Gasteiger partial charge in [0.05, 0.1) is 16.7 Å². The average molecular weight is 442 g/mol. The summed E-state index contributed by atoms with van der Waals surface area (Å²) in [5.41, 5.74) is 3.95. The predicted octanol–water partition coefficient (Wildman–Crippen LogP) is 3.03. The second-order valence-corrected chi connectivity index (χ2v) is 8.17. The van der Waals surface area contributed by atoms with Crippen LogP contribution in [-0.2, 0) is 16.1 Å². The summed E-state index contributed by atoms with van der Waals surface area (Å²) >= 11 is 0. The molecule has 0 saturated heterocycles. The highest BCUT2D eigenvalue weighted by molar-refractivity contribution is 6.50. The smallest absolute Gasteiger partial charge is 0.259 e. The molecule has 3 N–H and O–H groups in total. The molecule has 0 saturated carbocycles. The molecule has 4 heterocycles. The van der Waals surface area contributed by atoms with Crippen molar-refractivity contribution in [2.45, 2.75) is 13.0 Å². The molecule has 2 aromatic carbocycles. The zero-order valence-electron chi connectivity index (χ0n) is 18.0. The van der Waals surface area contributed by atoms with Gasteiger partial charge in [-0.05, 0) is 38.2 Å². The molecule has 2 aliphatic heterocycles. The van der Waals surface area contributed by atoms with Crippen LogP contribution in [0, 0.1) is 0 Å². The number of aromatic nitrogens is 2. The van der Waals surface area contributed by atoms with Gasteiger partial charge in [0.1, 0.15) is 0 Å². The lowest BCUT2D eigenvalue weighted by Gasteiger charge is -2.07. The molecule has 0 spiro atoms. The Morgan fingerprint density at radius 3 is 2.67 bits per heavy atom. The minimum absolute atomic E-state index is 0.160. The second kappa shape index (κ2) is 7.53. The van der Waals surface area contributed by atoms with Crippen molar-refractivity contribution in [1.29, 1.82) is 0 Å². The number of nitrogens with zero attached hydrogens (tertiary/aromatic N) is 1. The van der Waals surface area contributed by atoms with E-state index in [4.69, 9.17) is 9.47 Å². The first-order chi connectivity index (χ1) is 16.2. The van der Waals surface area contributed by atoms with Crippen molar-refractivity contribution in [3.8, 4) is 11.5 Å². The maximum Gasteiger partial charge on any atom is 0.259 e. The summed E-state index contributed by atoms with van der Waals surface area (Å²) in [6.07, 6.45) is 4.63. The molecular formula is C25H22N4O4. The lowest BCUT2D eigenvalue weighted by atomic mass is 9.95. The molecule has 2 aliphatic rings. The number of aromatic amines is 1. The fourth-order valence-corrected chi connectivity index (χ4v) is 4.80. The number of hydrogen-bond acceptors (Lipinski definition) is 5. The Balaban J connectivity index is 1.61. The van der Waals surface area contributed by atoms with Crippen LogP contribution in [0.4, 0.5) is 0 Å². The van der Waals surface area contributed by atoms with Crippen LogP contribution in [0.25, 0.3) is 33.0 Å². The van der Waals surface area contributed by atoms with E-state index in [0.29, 0.717) is 33.8 Å². The standard InChI is InChI=1S/C25H22N4O4/c1-26-9-4-10-29-12-17(15-7-8-19-23(22(15)29)33-13-32-19)21-20(24(30)28-25(21)31)16-11-27-18-6-3-2-5-14(16)18/h2-3,5-8,11-12,26-27H,4,9-10,13H2,1H3,(H,28,30,31). The summed E-state index contributed by atoms with van der Waals surface area (Å²) in [6.45, 7) is 1.74. The first-order valence-corrected chi connectivity index (χ1v) is 10.9. The number of H-pyrrole nitrogens is 1. The minimum atomic E-state index is -0.396. The maximum atomic E-state index is 13.1. The highest BCUT2D eigenvalue weighted by Gasteiger charge is 2.36. The lowest BCUT2D eigenvalue weighted by Crippen LogP contribution is -2.22. The van der Waals surface area contributed by atoms with Crippen molar-refractivity contribution < 1.29 is 19.1 Å². The van der Waals surface area contributed by atoms with Gasteiger partial charge < -0.3 is 24.3 Å². The summed E-state index contributed by atoms with van der Waals surface area (Å²) in [5, 5.41) is 7.41. The van der Waals surface area contributed by atoms with Gasteiger partial charge in [0.25, 0.3) is 11.8 Å². The van der Waals surface area contributed by atoms with Gasteiger partial charge in [0, 0.05) is 46.4 Å². The molecule has 4 aromatic rings. The van der Waals surface area contributed by atoms with E-state index in [1.54, 1.807) is 6.20 Å². The van der Waals surface area contributed by atoms with Crippen LogP contribution in [0.2, 0.25) is 0 Å². The maximum absolute atomic E-state index is 13.1. The number of fused-ring (bicyclic) bond motifs is 4. The molecule has 0 aliphatic carbocycles. The molecule has 8 nitrogen and oxygen atoms in total. The van der Waals surface area contributed by atoms with E-state index in [1.165, 1.54) is 0 Å². The van der Waals surface area contributed by atoms with Crippen molar-refractivity contribution in [3.05, 3.63) is 59.9 Å². The van der Waals surface area contributed by atoms with Crippen LogP contribution in [0.1, 0.15) is 17.5 Å². The van der Waals surface area contributed by atoms with Gasteiger partial charge in [-0.2, -0.15) is 0 Å². The third-order valence-electron chi connectivity index (χ3n) is 6.26. The van der Waals surface area contributed by atoms with Crippen LogP contribution in [0.15, 0.2) is 48.8 Å². The Labute approximate surface area is 189 Å². The molecule has 2 amide bonds. The molecular weight excluding hydrogens is 420 g/mol. The van der Waals surface area contributed by atoms with E-state index in [9.17, 15) is 9.59 Å². The third-order valence-corrected chi connectivity index (χ3v) is 6.26. The Kier molecular flexibility index (Phi) is 4.48. The largest absolute Gasteiger partial charge is 0.454 e. The zero-order valence-corrected chi connectivity index (χ0v) is 18.0. The fourth-order valence-electron chi connectivity index (χ4n) is 4.80. The van der Waals surface area contributed by atoms with E-state index < -0.39 is 11.8 Å². The second-order valence-electron chi connectivity index (χ2n) is 8.17. The van der Waals surface area contributed by atoms with Crippen LogP contribution >= 0.6 is 0 Å². The third kappa shape index (κ3) is 2.95. The number of aryl methyl sites for hydroxylation is 1. The van der Waals surface area contributed by atoms with E-state index in [0.717, 1.165) is 41.3 Å². The molecule has 0 radical (unpaired) electrons. The molecule has 2 aromatic heterocycles. The van der Waals surface area contributed by atoms with Gasteiger partial charge in [-0.1, -0.05) is 18.2 Å². The average Bonchev–Trinajstić information content (AvgIpc) is 3.57. The van der Waals surface area contributed by atoms with Gasteiger partial charge in [0.2, 0.25) is 6.79 Å². The van der Waals surface area contributed by atoms with E-state index >= 15 is 0 Å². The molecule has 0 bridgehead atoms. The summed E-state index contributed by atoms with van der Waals surface area (Å²) in [6, 6.07) is 11.5. The summed E-state index contributed by atoms with van der Waals surface area (Å²) < 4.78 is 13.5. The molecule has 0 atom stereocenters. The van der Waals surface area contributed by atoms with E-state index in [1.807, 2.05) is 49.6 Å².